The zero-order valence-corrected chi connectivity index (χ0v) is 28.0. The van der Waals surface area contributed by atoms with Gasteiger partial charge in [-0.25, -0.2) is 4.79 Å². The van der Waals surface area contributed by atoms with E-state index in [1.165, 1.54) is 0 Å². The Balaban J connectivity index is 2.32. The van der Waals surface area contributed by atoms with Crippen molar-refractivity contribution >= 4 is 23.9 Å². The monoisotopic (exact) mass is 649 g/mol. The Morgan fingerprint density at radius 3 is 2.06 bits per heavy atom. The summed E-state index contributed by atoms with van der Waals surface area (Å²) in [6.07, 6.45) is 35.4. The highest BCUT2D eigenvalue weighted by Gasteiger charge is 2.24. The van der Waals surface area contributed by atoms with E-state index < -0.39 is 31.3 Å². The van der Waals surface area contributed by atoms with Gasteiger partial charge in [-0.05, 0) is 75.8 Å². The van der Waals surface area contributed by atoms with Gasteiger partial charge in [0, 0.05) is 31.8 Å². The Bertz CT molecular complexity index is 1150. The quantitative estimate of drug-likeness (QED) is 0.0543. The van der Waals surface area contributed by atoms with Gasteiger partial charge in [0.1, 0.15) is 12.1 Å². The lowest BCUT2D eigenvalue weighted by Gasteiger charge is -2.20. The fraction of sp³-hybridized carbons (Fsp3) is 0.474. The maximum Gasteiger partial charge on any atom is 0.329 e. The van der Waals surface area contributed by atoms with E-state index in [0.29, 0.717) is 32.2 Å². The van der Waals surface area contributed by atoms with E-state index in [2.05, 4.69) is 77.2 Å². The molecule has 0 radical (unpaired) electrons. The number of hydrogen-bond donors (Lipinski definition) is 4. The van der Waals surface area contributed by atoms with Crippen LogP contribution in [0.1, 0.15) is 89.5 Å². The molecule has 47 heavy (non-hydrogen) atoms. The average molecular weight is 650 g/mol. The van der Waals surface area contributed by atoms with Gasteiger partial charge in [-0.15, -0.1) is 0 Å². The number of carbonyl (C=O) groups is 3. The maximum atomic E-state index is 12.7. The Kier molecular flexibility index (Phi) is 25.6. The summed E-state index contributed by atoms with van der Waals surface area (Å²) in [5.41, 5.74) is 0.916. The average Bonchev–Trinajstić information content (AvgIpc) is 3.08. The summed E-state index contributed by atoms with van der Waals surface area (Å²) in [6, 6.07) is 2.82. The van der Waals surface area contributed by atoms with Crippen molar-refractivity contribution in [2.75, 3.05) is 19.8 Å². The van der Waals surface area contributed by atoms with Crippen molar-refractivity contribution in [2.24, 2.45) is 0 Å². The van der Waals surface area contributed by atoms with E-state index in [1.807, 2.05) is 24.3 Å². The van der Waals surface area contributed by atoms with E-state index in [9.17, 15) is 24.6 Å². The van der Waals surface area contributed by atoms with Gasteiger partial charge in [-0.2, -0.15) is 0 Å². The number of nitrogens with zero attached hydrogens (tertiary/aromatic N) is 1. The molecular formula is C38H55N3O6. The normalized spacial score (nSPS) is 12.9. The topological polar surface area (TPSA) is 138 Å². The minimum absolute atomic E-state index is 0.115. The number of aliphatic hydroxyl groups is 2. The first kappa shape index (κ1) is 40.9. The zero-order valence-electron chi connectivity index (χ0n) is 28.0. The largest absolute Gasteiger partial charge is 0.456 e. The van der Waals surface area contributed by atoms with Gasteiger partial charge in [-0.1, -0.05) is 85.9 Å². The van der Waals surface area contributed by atoms with E-state index >= 15 is 0 Å². The molecule has 1 aromatic rings. The number of aromatic nitrogens is 1. The lowest BCUT2D eigenvalue weighted by Crippen LogP contribution is -2.44. The fourth-order valence-corrected chi connectivity index (χ4v) is 4.19. The molecule has 0 unspecified atom stereocenters. The van der Waals surface area contributed by atoms with Crippen molar-refractivity contribution in [1.29, 1.82) is 0 Å². The Morgan fingerprint density at radius 2 is 1.47 bits per heavy atom. The predicted molar refractivity (Wildman–Crippen MR) is 189 cm³/mol. The maximum absolute atomic E-state index is 12.7. The van der Waals surface area contributed by atoms with Crippen molar-refractivity contribution in [2.45, 2.75) is 96.1 Å². The van der Waals surface area contributed by atoms with Gasteiger partial charge in [-0.3, -0.25) is 14.6 Å². The molecule has 0 bridgehead atoms. The van der Waals surface area contributed by atoms with Gasteiger partial charge in [0.15, 0.2) is 0 Å². The summed E-state index contributed by atoms with van der Waals surface area (Å²) in [5.74, 6) is -1.08. The number of unbranched alkanes of at least 4 members (excludes halogenated alkanes) is 2. The zero-order chi connectivity index (χ0) is 34.2. The van der Waals surface area contributed by atoms with Crippen molar-refractivity contribution in [3.05, 3.63) is 96.9 Å². The fourth-order valence-electron chi connectivity index (χ4n) is 4.19. The van der Waals surface area contributed by atoms with Crippen LogP contribution in [0, 0.1) is 0 Å². The molecule has 0 aromatic carbocycles. The number of amides is 2. The first-order valence-corrected chi connectivity index (χ1v) is 16.8. The molecule has 9 nitrogen and oxygen atoms in total. The Hall–Kier alpha value is -4.08. The molecular weight excluding hydrogens is 594 g/mol. The SMILES string of the molecule is CC/C=C\C/C=C\C/C=C\C/C=C\C/C=C\CCCC(=O)N[C@@H](CCCCNC(=O)C/C=C/c1cccnc1)C(=O)OC(CO)CO. The van der Waals surface area contributed by atoms with E-state index in [4.69, 9.17) is 4.74 Å². The first-order chi connectivity index (χ1) is 23.0. The summed E-state index contributed by atoms with van der Waals surface area (Å²) >= 11 is 0. The minimum atomic E-state index is -1.05. The lowest BCUT2D eigenvalue weighted by molar-refractivity contribution is -0.157. The number of pyridine rings is 1. The third-order valence-corrected chi connectivity index (χ3v) is 6.78. The molecule has 2 amide bonds. The van der Waals surface area contributed by atoms with Crippen LogP contribution in [0.4, 0.5) is 0 Å². The van der Waals surface area contributed by atoms with Crippen LogP contribution in [0.5, 0.6) is 0 Å². The van der Waals surface area contributed by atoms with Crippen LogP contribution < -0.4 is 10.6 Å². The number of ether oxygens (including phenoxy) is 1. The molecule has 1 atom stereocenters. The van der Waals surface area contributed by atoms with Crippen LogP contribution in [0.15, 0.2) is 91.4 Å². The number of allylic oxidation sites excluding steroid dienone is 10. The highest BCUT2D eigenvalue weighted by atomic mass is 16.6. The van der Waals surface area contributed by atoms with E-state index in [-0.39, 0.29) is 24.7 Å². The van der Waals surface area contributed by atoms with E-state index in [1.54, 1.807) is 18.5 Å². The molecule has 1 rings (SSSR count). The molecule has 1 aromatic heterocycles. The summed E-state index contributed by atoms with van der Waals surface area (Å²) in [5, 5.41) is 24.2. The van der Waals surface area contributed by atoms with Crippen LogP contribution in [-0.4, -0.2) is 64.9 Å². The van der Waals surface area contributed by atoms with Gasteiger partial charge >= 0.3 is 5.97 Å². The second kappa shape index (κ2) is 29.3. The number of carbonyl (C=O) groups excluding carboxylic acids is 3. The van der Waals surface area contributed by atoms with Crippen molar-refractivity contribution in [3.8, 4) is 0 Å². The van der Waals surface area contributed by atoms with Crippen molar-refractivity contribution in [3.63, 3.8) is 0 Å². The van der Waals surface area contributed by atoms with Gasteiger partial charge < -0.3 is 25.6 Å². The number of nitrogens with one attached hydrogen (secondary N) is 2. The molecule has 9 heteroatoms. The molecule has 0 saturated carbocycles. The van der Waals surface area contributed by atoms with Crippen LogP contribution >= 0.6 is 0 Å². The predicted octanol–water partition coefficient (Wildman–Crippen LogP) is 6.07. The first-order valence-electron chi connectivity index (χ1n) is 16.8. The van der Waals surface area contributed by atoms with Crippen LogP contribution in [0.3, 0.4) is 0 Å². The molecule has 0 saturated heterocycles. The van der Waals surface area contributed by atoms with Gasteiger partial charge in [0.25, 0.3) is 0 Å². The van der Waals surface area contributed by atoms with Crippen LogP contribution in [-0.2, 0) is 19.1 Å². The van der Waals surface area contributed by atoms with Gasteiger partial charge in [0.2, 0.25) is 11.8 Å². The number of hydrogen-bond acceptors (Lipinski definition) is 7. The number of aliphatic hydroxyl groups excluding tert-OH is 2. The van der Waals surface area contributed by atoms with Crippen molar-refractivity contribution in [1.82, 2.24) is 15.6 Å². The van der Waals surface area contributed by atoms with E-state index in [0.717, 1.165) is 44.1 Å². The highest BCUT2D eigenvalue weighted by Crippen LogP contribution is 2.08. The summed E-state index contributed by atoms with van der Waals surface area (Å²) in [7, 11) is 0. The Labute approximate surface area is 281 Å². The summed E-state index contributed by atoms with van der Waals surface area (Å²) in [4.78, 5) is 41.4. The smallest absolute Gasteiger partial charge is 0.329 e. The standard InChI is InChI=1S/C38H55N3O6/c1-2-3-4-5-6-7-8-9-10-11-12-13-14-15-16-17-18-26-37(45)41-35(38(46)47-34(31-42)32-43)25-19-20-29-40-36(44)27-21-23-33-24-22-28-39-30-33/h3-4,6-7,9-10,12-13,15-16,21-24,28,30,34-35,42-43H,2,5,8,11,14,17-20,25-27,29,31-32H2,1H3,(H,40,44)(H,41,45)/b4-3-,7-6-,10-9-,13-12-,16-15-,23-21+/t35-/m0/s1. The second-order valence-corrected chi connectivity index (χ2v) is 10.9. The highest BCUT2D eigenvalue weighted by molar-refractivity contribution is 5.84. The molecule has 258 valence electrons. The Morgan fingerprint density at radius 1 is 0.830 bits per heavy atom. The van der Waals surface area contributed by atoms with Gasteiger partial charge in [0.05, 0.1) is 13.2 Å². The number of esters is 1. The van der Waals surface area contributed by atoms with Crippen molar-refractivity contribution < 1.29 is 29.3 Å². The number of rotatable bonds is 26. The molecule has 0 aliphatic heterocycles. The molecule has 0 aliphatic rings. The molecule has 0 fully saturated rings. The second-order valence-electron chi connectivity index (χ2n) is 10.9. The third kappa shape index (κ3) is 23.9. The minimum Gasteiger partial charge on any atom is -0.456 e. The van der Waals surface area contributed by atoms with Crippen LogP contribution in [0.2, 0.25) is 0 Å². The summed E-state index contributed by atoms with van der Waals surface area (Å²) < 4.78 is 5.16. The lowest BCUT2D eigenvalue weighted by atomic mass is 10.1. The molecule has 4 N–H and O–H groups in total. The molecule has 0 spiro atoms. The van der Waals surface area contributed by atoms with Crippen LogP contribution in [0.25, 0.3) is 6.08 Å². The molecule has 1 heterocycles. The summed E-state index contributed by atoms with van der Waals surface area (Å²) in [6.45, 7) is 1.53. The molecule has 0 aliphatic carbocycles. The third-order valence-electron chi connectivity index (χ3n) is 6.78.